The molecule has 1 aliphatic heterocycles. The smallest absolute Gasteiger partial charge is 0.0314 e. The number of rotatable bonds is 5. The van der Waals surface area contributed by atoms with Crippen LogP contribution >= 0.6 is 0 Å². The average molecular weight is 261 g/mol. The second-order valence-electron chi connectivity index (χ2n) is 5.62. The minimum atomic E-state index is 0.704. The van der Waals surface area contributed by atoms with Gasteiger partial charge in [0, 0.05) is 31.4 Å². The summed E-state index contributed by atoms with van der Waals surface area (Å²) in [6.07, 6.45) is 2.39. The van der Waals surface area contributed by atoms with E-state index in [0.29, 0.717) is 6.04 Å². The largest absolute Gasteiger partial charge is 0.399 e. The van der Waals surface area contributed by atoms with E-state index in [-0.39, 0.29) is 0 Å². The highest BCUT2D eigenvalue weighted by molar-refractivity contribution is 5.39. The molecule has 0 amide bonds. The van der Waals surface area contributed by atoms with Crippen molar-refractivity contribution in [1.82, 2.24) is 9.80 Å². The fourth-order valence-corrected chi connectivity index (χ4v) is 2.93. The molecule has 1 atom stereocenters. The molecule has 1 aromatic rings. The monoisotopic (exact) mass is 261 g/mol. The quantitative estimate of drug-likeness (QED) is 0.825. The molecule has 3 heteroatoms. The zero-order chi connectivity index (χ0) is 13.7. The van der Waals surface area contributed by atoms with Gasteiger partial charge in [-0.1, -0.05) is 19.1 Å². The molecule has 0 aromatic heterocycles. The molecule has 1 aromatic carbocycles. The lowest BCUT2D eigenvalue weighted by molar-refractivity contribution is 0.0874. The zero-order valence-electron chi connectivity index (χ0n) is 12.3. The Kier molecular flexibility index (Phi) is 5.23. The first-order valence-corrected chi connectivity index (χ1v) is 7.50. The first-order valence-electron chi connectivity index (χ1n) is 7.50. The van der Waals surface area contributed by atoms with Gasteiger partial charge in [-0.2, -0.15) is 0 Å². The number of hydrogen-bond acceptors (Lipinski definition) is 3. The van der Waals surface area contributed by atoms with Gasteiger partial charge in [0.2, 0.25) is 0 Å². The SMILES string of the molecule is CCN1CCN(CCCc2ccc(N)cc2)CC1C. The lowest BCUT2D eigenvalue weighted by Crippen LogP contribution is -2.51. The maximum atomic E-state index is 5.70. The van der Waals surface area contributed by atoms with Crippen LogP contribution in [0.2, 0.25) is 0 Å². The third-order valence-corrected chi connectivity index (χ3v) is 4.17. The molecule has 3 nitrogen and oxygen atoms in total. The molecule has 106 valence electrons. The molecule has 1 heterocycles. The van der Waals surface area contributed by atoms with E-state index in [4.69, 9.17) is 5.73 Å². The molecular formula is C16H27N3. The molecule has 1 aliphatic rings. The van der Waals surface area contributed by atoms with Crippen LogP contribution in [-0.4, -0.2) is 48.6 Å². The van der Waals surface area contributed by atoms with Gasteiger partial charge in [-0.15, -0.1) is 0 Å². The minimum absolute atomic E-state index is 0.704. The topological polar surface area (TPSA) is 32.5 Å². The summed E-state index contributed by atoms with van der Waals surface area (Å²) in [5.41, 5.74) is 7.95. The fraction of sp³-hybridized carbons (Fsp3) is 0.625. The highest BCUT2D eigenvalue weighted by atomic mass is 15.3. The maximum absolute atomic E-state index is 5.70. The summed E-state index contributed by atoms with van der Waals surface area (Å²) < 4.78 is 0. The van der Waals surface area contributed by atoms with Crippen molar-refractivity contribution in [3.8, 4) is 0 Å². The van der Waals surface area contributed by atoms with Gasteiger partial charge < -0.3 is 10.6 Å². The molecule has 0 bridgehead atoms. The number of nitrogens with two attached hydrogens (primary N) is 1. The van der Waals surface area contributed by atoms with Gasteiger partial charge in [0.1, 0.15) is 0 Å². The lowest BCUT2D eigenvalue weighted by Gasteiger charge is -2.39. The summed E-state index contributed by atoms with van der Waals surface area (Å²) >= 11 is 0. The van der Waals surface area contributed by atoms with Crippen LogP contribution in [0.15, 0.2) is 24.3 Å². The van der Waals surface area contributed by atoms with Gasteiger partial charge in [0.05, 0.1) is 0 Å². The average Bonchev–Trinajstić information content (AvgIpc) is 2.41. The van der Waals surface area contributed by atoms with E-state index in [1.165, 1.54) is 44.7 Å². The van der Waals surface area contributed by atoms with Crippen LogP contribution in [0.3, 0.4) is 0 Å². The van der Waals surface area contributed by atoms with E-state index in [0.717, 1.165) is 12.1 Å². The lowest BCUT2D eigenvalue weighted by atomic mass is 10.1. The van der Waals surface area contributed by atoms with Gasteiger partial charge in [-0.25, -0.2) is 0 Å². The summed E-state index contributed by atoms with van der Waals surface area (Å²) in [6, 6.07) is 8.99. The molecule has 0 saturated carbocycles. The van der Waals surface area contributed by atoms with Crippen molar-refractivity contribution >= 4 is 5.69 Å². The maximum Gasteiger partial charge on any atom is 0.0314 e. The van der Waals surface area contributed by atoms with Crippen molar-refractivity contribution in [3.63, 3.8) is 0 Å². The van der Waals surface area contributed by atoms with E-state index in [9.17, 15) is 0 Å². The Morgan fingerprint density at radius 2 is 1.95 bits per heavy atom. The van der Waals surface area contributed by atoms with Crippen LogP contribution < -0.4 is 5.73 Å². The van der Waals surface area contributed by atoms with Crippen molar-refractivity contribution in [2.24, 2.45) is 0 Å². The highest BCUT2D eigenvalue weighted by Gasteiger charge is 2.21. The van der Waals surface area contributed by atoms with Crippen molar-refractivity contribution < 1.29 is 0 Å². The normalized spacial score (nSPS) is 21.7. The molecule has 0 aliphatic carbocycles. The third kappa shape index (κ3) is 4.22. The summed E-state index contributed by atoms with van der Waals surface area (Å²) in [5, 5.41) is 0. The summed E-state index contributed by atoms with van der Waals surface area (Å²) in [6.45, 7) is 10.7. The Labute approximate surface area is 117 Å². The molecule has 1 fully saturated rings. The van der Waals surface area contributed by atoms with Gasteiger partial charge in [-0.3, -0.25) is 4.90 Å². The van der Waals surface area contributed by atoms with Crippen LogP contribution in [0.1, 0.15) is 25.8 Å². The molecule has 0 spiro atoms. The molecule has 2 N–H and O–H groups in total. The van der Waals surface area contributed by atoms with Crippen LogP contribution in [0, 0.1) is 0 Å². The minimum Gasteiger partial charge on any atom is -0.399 e. The number of nitrogens with zero attached hydrogens (tertiary/aromatic N) is 2. The standard InChI is InChI=1S/C16H27N3/c1-3-19-12-11-18(13-14(19)2)10-4-5-15-6-8-16(17)9-7-15/h6-9,14H,3-5,10-13,17H2,1-2H3. The predicted molar refractivity (Wildman–Crippen MR) is 82.3 cm³/mol. The van der Waals surface area contributed by atoms with Crippen LogP contribution in [0.4, 0.5) is 5.69 Å². The number of hydrogen-bond donors (Lipinski definition) is 1. The molecule has 0 radical (unpaired) electrons. The Morgan fingerprint density at radius 3 is 2.58 bits per heavy atom. The van der Waals surface area contributed by atoms with Crippen LogP contribution in [0.5, 0.6) is 0 Å². The van der Waals surface area contributed by atoms with Gasteiger partial charge in [0.15, 0.2) is 0 Å². The predicted octanol–water partition coefficient (Wildman–Crippen LogP) is 2.23. The molecular weight excluding hydrogens is 234 g/mol. The summed E-state index contributed by atoms with van der Waals surface area (Å²) in [4.78, 5) is 5.17. The summed E-state index contributed by atoms with van der Waals surface area (Å²) in [7, 11) is 0. The van der Waals surface area contributed by atoms with Crippen molar-refractivity contribution in [1.29, 1.82) is 0 Å². The Balaban J connectivity index is 1.70. The second kappa shape index (κ2) is 6.92. The highest BCUT2D eigenvalue weighted by Crippen LogP contribution is 2.11. The van der Waals surface area contributed by atoms with E-state index < -0.39 is 0 Å². The van der Waals surface area contributed by atoms with Crippen molar-refractivity contribution in [2.75, 3.05) is 38.5 Å². The number of aryl methyl sites for hydroxylation is 1. The Bertz CT molecular complexity index is 374. The number of anilines is 1. The van der Waals surface area contributed by atoms with Crippen molar-refractivity contribution in [3.05, 3.63) is 29.8 Å². The first-order chi connectivity index (χ1) is 9.19. The van der Waals surface area contributed by atoms with E-state index in [2.05, 4.69) is 35.8 Å². The van der Waals surface area contributed by atoms with Crippen molar-refractivity contribution in [2.45, 2.75) is 32.7 Å². The third-order valence-electron chi connectivity index (χ3n) is 4.17. The van der Waals surface area contributed by atoms with Gasteiger partial charge in [0.25, 0.3) is 0 Å². The van der Waals surface area contributed by atoms with Crippen LogP contribution in [-0.2, 0) is 6.42 Å². The zero-order valence-corrected chi connectivity index (χ0v) is 12.3. The first kappa shape index (κ1) is 14.4. The number of benzene rings is 1. The molecule has 2 rings (SSSR count). The molecule has 1 saturated heterocycles. The summed E-state index contributed by atoms with van der Waals surface area (Å²) in [5.74, 6) is 0. The van der Waals surface area contributed by atoms with E-state index in [1.54, 1.807) is 0 Å². The van der Waals surface area contributed by atoms with E-state index in [1.807, 2.05) is 12.1 Å². The molecule has 19 heavy (non-hydrogen) atoms. The Morgan fingerprint density at radius 1 is 1.21 bits per heavy atom. The fourth-order valence-electron chi connectivity index (χ4n) is 2.93. The number of piperazine rings is 1. The number of likely N-dealkylation sites (N-methyl/N-ethyl adjacent to an activating group) is 1. The second-order valence-corrected chi connectivity index (χ2v) is 5.62. The van der Waals surface area contributed by atoms with Gasteiger partial charge >= 0.3 is 0 Å². The van der Waals surface area contributed by atoms with Gasteiger partial charge in [-0.05, 0) is 50.6 Å². The van der Waals surface area contributed by atoms with E-state index >= 15 is 0 Å². The van der Waals surface area contributed by atoms with Crippen LogP contribution in [0.25, 0.3) is 0 Å². The molecule has 1 unspecified atom stereocenters. The Hall–Kier alpha value is -1.06. The number of nitrogen functional groups attached to an aromatic ring is 1.